The summed E-state index contributed by atoms with van der Waals surface area (Å²) in [7, 11) is 0. The quantitative estimate of drug-likeness (QED) is 0.753. The summed E-state index contributed by atoms with van der Waals surface area (Å²) >= 11 is 0. The minimum Gasteiger partial charge on any atom is -0.364 e. The van der Waals surface area contributed by atoms with Gasteiger partial charge in [-0.1, -0.05) is 0 Å². The molecule has 0 radical (unpaired) electrons. The molecule has 3 N–H and O–H groups in total. The van der Waals surface area contributed by atoms with Gasteiger partial charge < -0.3 is 15.8 Å². The highest BCUT2D eigenvalue weighted by molar-refractivity contribution is 5.85. The maximum Gasteiger partial charge on any atom is 0.401 e. The molecule has 10 heteroatoms. The summed E-state index contributed by atoms with van der Waals surface area (Å²) in [6, 6.07) is 0. The Morgan fingerprint density at radius 3 is 2.52 bits per heavy atom. The molecule has 138 valence electrons. The zero-order chi connectivity index (χ0) is 15.5. The van der Waals surface area contributed by atoms with Crippen LogP contribution >= 0.6 is 24.8 Å². The number of nitrogens with zero attached hydrogens (tertiary/aromatic N) is 1. The Bertz CT molecular complexity index is 375. The summed E-state index contributed by atoms with van der Waals surface area (Å²) in [6.45, 7) is 0.729. The van der Waals surface area contributed by atoms with E-state index in [1.54, 1.807) is 0 Å². The topological polar surface area (TPSA) is 67.6 Å². The van der Waals surface area contributed by atoms with Crippen molar-refractivity contribution >= 4 is 30.7 Å². The van der Waals surface area contributed by atoms with E-state index in [4.69, 9.17) is 10.5 Å². The molecule has 2 fully saturated rings. The number of alkyl halides is 3. The molecule has 0 saturated carbocycles. The van der Waals surface area contributed by atoms with Crippen molar-refractivity contribution in [1.29, 1.82) is 0 Å². The number of halogens is 5. The third-order valence-electron chi connectivity index (χ3n) is 4.00. The normalized spacial score (nSPS) is 28.1. The van der Waals surface area contributed by atoms with Crippen LogP contribution in [0.1, 0.15) is 19.3 Å². The zero-order valence-electron chi connectivity index (χ0n) is 12.7. The lowest BCUT2D eigenvalue weighted by molar-refractivity contribution is -0.144. The Balaban J connectivity index is 0.00000242. The molecule has 0 spiro atoms. The molecular weight excluding hydrogens is 358 g/mol. The molecule has 1 unspecified atom stereocenters. The number of likely N-dealkylation sites (tertiary alicyclic amines) is 1. The average Bonchev–Trinajstić information content (AvgIpc) is 3.02. The minimum absolute atomic E-state index is 0. The lowest BCUT2D eigenvalue weighted by atomic mass is 10.1. The van der Waals surface area contributed by atoms with E-state index < -0.39 is 18.8 Å². The molecule has 2 saturated heterocycles. The van der Waals surface area contributed by atoms with Crippen molar-refractivity contribution in [2.45, 2.75) is 37.6 Å². The Kier molecular flexibility index (Phi) is 9.76. The van der Waals surface area contributed by atoms with E-state index in [9.17, 15) is 18.0 Å². The Morgan fingerprint density at radius 1 is 1.26 bits per heavy atom. The first-order valence-electron chi connectivity index (χ1n) is 7.29. The highest BCUT2D eigenvalue weighted by Gasteiger charge is 2.35. The van der Waals surface area contributed by atoms with Gasteiger partial charge >= 0.3 is 6.18 Å². The first-order valence-corrected chi connectivity index (χ1v) is 7.29. The molecule has 0 aromatic rings. The Hall–Kier alpha value is -0.280. The molecule has 5 nitrogen and oxygen atoms in total. The van der Waals surface area contributed by atoms with Gasteiger partial charge in [-0.25, -0.2) is 0 Å². The molecule has 1 amide bonds. The molecule has 0 aromatic heterocycles. The summed E-state index contributed by atoms with van der Waals surface area (Å²) in [5.74, 6) is -0.108. The van der Waals surface area contributed by atoms with Crippen LogP contribution in [0.2, 0.25) is 0 Å². The second-order valence-corrected chi connectivity index (χ2v) is 5.81. The first-order chi connectivity index (χ1) is 9.87. The van der Waals surface area contributed by atoms with Crippen LogP contribution in [0.5, 0.6) is 0 Å². The third-order valence-corrected chi connectivity index (χ3v) is 4.00. The molecule has 2 rings (SSSR count). The van der Waals surface area contributed by atoms with Gasteiger partial charge in [-0.3, -0.25) is 9.69 Å². The van der Waals surface area contributed by atoms with Gasteiger partial charge in [0.1, 0.15) is 6.10 Å². The van der Waals surface area contributed by atoms with Crippen LogP contribution in [0.3, 0.4) is 0 Å². The number of rotatable bonds is 5. The largest absolute Gasteiger partial charge is 0.401 e. The second kappa shape index (κ2) is 9.88. The molecular formula is C13H24Cl2F3N3O2. The summed E-state index contributed by atoms with van der Waals surface area (Å²) in [5, 5.41) is 2.78. The maximum absolute atomic E-state index is 12.3. The van der Waals surface area contributed by atoms with E-state index >= 15 is 0 Å². The van der Waals surface area contributed by atoms with Gasteiger partial charge in [-0.2, -0.15) is 13.2 Å². The summed E-state index contributed by atoms with van der Waals surface area (Å²) in [6.07, 6.45) is -2.59. The van der Waals surface area contributed by atoms with Crippen molar-refractivity contribution in [2.75, 3.05) is 32.7 Å². The van der Waals surface area contributed by atoms with E-state index in [1.165, 1.54) is 4.90 Å². The van der Waals surface area contributed by atoms with Gasteiger partial charge in [-0.15, -0.1) is 24.8 Å². The monoisotopic (exact) mass is 381 g/mol. The van der Waals surface area contributed by atoms with E-state index in [-0.39, 0.29) is 42.7 Å². The van der Waals surface area contributed by atoms with Gasteiger partial charge in [0.2, 0.25) is 5.91 Å². The lowest BCUT2D eigenvalue weighted by Gasteiger charge is -2.18. The number of carbonyl (C=O) groups is 1. The molecule has 2 aliphatic heterocycles. The highest BCUT2D eigenvalue weighted by atomic mass is 35.5. The number of nitrogens with two attached hydrogens (primary N) is 1. The first kappa shape index (κ1) is 22.7. The Labute approximate surface area is 146 Å². The third kappa shape index (κ3) is 7.43. The van der Waals surface area contributed by atoms with Crippen LogP contribution in [0.4, 0.5) is 13.2 Å². The molecule has 2 aliphatic rings. The number of carbonyl (C=O) groups excluding carboxylic acids is 1. The Morgan fingerprint density at radius 2 is 1.96 bits per heavy atom. The van der Waals surface area contributed by atoms with E-state index in [0.29, 0.717) is 39.0 Å². The van der Waals surface area contributed by atoms with Crippen molar-refractivity contribution < 1.29 is 22.7 Å². The van der Waals surface area contributed by atoms with Crippen molar-refractivity contribution in [3.05, 3.63) is 0 Å². The molecule has 3 atom stereocenters. The lowest BCUT2D eigenvalue weighted by Crippen LogP contribution is -2.39. The van der Waals surface area contributed by atoms with E-state index in [0.717, 1.165) is 6.42 Å². The maximum atomic E-state index is 12.3. The molecule has 23 heavy (non-hydrogen) atoms. The van der Waals surface area contributed by atoms with Crippen molar-refractivity contribution in [3.63, 3.8) is 0 Å². The van der Waals surface area contributed by atoms with Crippen LogP contribution < -0.4 is 11.1 Å². The summed E-state index contributed by atoms with van der Waals surface area (Å²) in [4.78, 5) is 13.3. The van der Waals surface area contributed by atoms with Crippen LogP contribution in [0, 0.1) is 5.92 Å². The summed E-state index contributed by atoms with van der Waals surface area (Å²) < 4.78 is 42.3. The number of hydrogen-bond donors (Lipinski definition) is 2. The number of nitrogens with one attached hydrogen (secondary N) is 1. The van der Waals surface area contributed by atoms with E-state index in [1.807, 2.05) is 0 Å². The predicted molar refractivity (Wildman–Crippen MR) is 85.1 cm³/mol. The second-order valence-electron chi connectivity index (χ2n) is 5.81. The zero-order valence-corrected chi connectivity index (χ0v) is 14.3. The van der Waals surface area contributed by atoms with Crippen molar-refractivity contribution in [1.82, 2.24) is 10.2 Å². The smallest absolute Gasteiger partial charge is 0.364 e. The minimum atomic E-state index is -4.16. The summed E-state index contributed by atoms with van der Waals surface area (Å²) in [5.41, 5.74) is 5.48. The van der Waals surface area contributed by atoms with Crippen LogP contribution in [-0.2, 0) is 9.53 Å². The van der Waals surface area contributed by atoms with Gasteiger partial charge in [0.15, 0.2) is 0 Å². The SMILES string of the molecule is Cl.Cl.NC[C@H]1CC[C@@H](C(=O)NCC2CCN(CC(F)(F)F)C2)O1. The fourth-order valence-corrected chi connectivity index (χ4v) is 2.91. The molecule has 0 aromatic carbocycles. The fourth-order valence-electron chi connectivity index (χ4n) is 2.91. The van der Waals surface area contributed by atoms with E-state index in [2.05, 4.69) is 5.32 Å². The van der Waals surface area contributed by atoms with Crippen LogP contribution in [-0.4, -0.2) is 61.9 Å². The van der Waals surface area contributed by atoms with Gasteiger partial charge in [0.25, 0.3) is 0 Å². The standard InChI is InChI=1S/C13H22F3N3O2.2ClH/c14-13(15,16)8-19-4-3-9(7-19)6-18-12(20)11-2-1-10(5-17)21-11;;/h9-11H,1-8,17H2,(H,18,20);2*1H/t9?,10-,11+;;/m1../s1. The van der Waals surface area contributed by atoms with Crippen LogP contribution in [0.25, 0.3) is 0 Å². The van der Waals surface area contributed by atoms with Gasteiger partial charge in [0.05, 0.1) is 12.6 Å². The van der Waals surface area contributed by atoms with Gasteiger partial charge in [0, 0.05) is 19.6 Å². The van der Waals surface area contributed by atoms with Crippen molar-refractivity contribution in [3.8, 4) is 0 Å². The fraction of sp³-hybridized carbons (Fsp3) is 0.923. The average molecular weight is 382 g/mol. The number of amides is 1. The van der Waals surface area contributed by atoms with Gasteiger partial charge in [-0.05, 0) is 31.7 Å². The molecule has 0 bridgehead atoms. The van der Waals surface area contributed by atoms with Crippen molar-refractivity contribution in [2.24, 2.45) is 11.7 Å². The van der Waals surface area contributed by atoms with Crippen LogP contribution in [0.15, 0.2) is 0 Å². The highest BCUT2D eigenvalue weighted by Crippen LogP contribution is 2.23. The number of ether oxygens (including phenoxy) is 1. The number of hydrogen-bond acceptors (Lipinski definition) is 4. The molecule has 0 aliphatic carbocycles. The molecule has 2 heterocycles. The predicted octanol–water partition coefficient (Wildman–Crippen LogP) is 1.34.